The van der Waals surface area contributed by atoms with Crippen molar-refractivity contribution < 1.29 is 9.13 Å². The highest BCUT2D eigenvalue weighted by atomic mass is 19.1. The predicted molar refractivity (Wildman–Crippen MR) is 69.0 cm³/mol. The second-order valence-corrected chi connectivity index (χ2v) is 5.08. The van der Waals surface area contributed by atoms with Crippen LogP contribution in [0.1, 0.15) is 24.8 Å². The molecule has 0 spiro atoms. The molecule has 0 aromatic heterocycles. The summed E-state index contributed by atoms with van der Waals surface area (Å²) in [5.74, 6) is -0.198. The first-order chi connectivity index (χ1) is 8.79. The van der Waals surface area contributed by atoms with Crippen LogP contribution in [-0.2, 0) is 11.3 Å². The maximum Gasteiger partial charge on any atom is 0.129 e. The number of nitrogens with zero attached hydrogens (tertiary/aromatic N) is 1. The lowest BCUT2D eigenvalue weighted by Crippen LogP contribution is -2.48. The van der Waals surface area contributed by atoms with Gasteiger partial charge in [0.05, 0.1) is 18.8 Å². The number of fused-ring (bicyclic) bond motifs is 1. The lowest BCUT2D eigenvalue weighted by molar-refractivity contribution is 0.0256. The van der Waals surface area contributed by atoms with Crippen LogP contribution in [0.25, 0.3) is 0 Å². The van der Waals surface area contributed by atoms with Crippen LogP contribution in [0.15, 0.2) is 18.2 Å². The van der Waals surface area contributed by atoms with Crippen molar-refractivity contribution in [2.75, 3.05) is 18.1 Å². The smallest absolute Gasteiger partial charge is 0.129 e. The maximum atomic E-state index is 13.8. The summed E-state index contributed by atoms with van der Waals surface area (Å²) in [4.78, 5) is 2.30. The molecule has 0 bridgehead atoms. The summed E-state index contributed by atoms with van der Waals surface area (Å²) in [5.41, 5.74) is 7.03. The first-order valence-electron chi connectivity index (χ1n) is 6.66. The van der Waals surface area contributed by atoms with Gasteiger partial charge in [-0.15, -0.1) is 0 Å². The zero-order chi connectivity index (χ0) is 12.5. The van der Waals surface area contributed by atoms with Gasteiger partial charge in [-0.2, -0.15) is 0 Å². The summed E-state index contributed by atoms with van der Waals surface area (Å²) in [6, 6.07) is 5.81. The van der Waals surface area contributed by atoms with Crippen LogP contribution in [0.2, 0.25) is 0 Å². The van der Waals surface area contributed by atoms with Crippen molar-refractivity contribution in [3.63, 3.8) is 0 Å². The fourth-order valence-electron chi connectivity index (χ4n) is 3.13. The van der Waals surface area contributed by atoms with Gasteiger partial charge < -0.3 is 15.4 Å². The molecule has 18 heavy (non-hydrogen) atoms. The van der Waals surface area contributed by atoms with Gasteiger partial charge in [-0.1, -0.05) is 6.07 Å². The van der Waals surface area contributed by atoms with Crippen LogP contribution in [0.5, 0.6) is 0 Å². The van der Waals surface area contributed by atoms with E-state index in [1.807, 2.05) is 6.07 Å². The van der Waals surface area contributed by atoms with Crippen LogP contribution in [0.4, 0.5) is 10.1 Å². The molecule has 0 amide bonds. The highest BCUT2D eigenvalue weighted by Crippen LogP contribution is 2.33. The third kappa shape index (κ3) is 1.99. The zero-order valence-corrected chi connectivity index (χ0v) is 10.4. The summed E-state index contributed by atoms with van der Waals surface area (Å²) < 4.78 is 19.6. The largest absolute Gasteiger partial charge is 0.374 e. The second kappa shape index (κ2) is 4.86. The van der Waals surface area contributed by atoms with E-state index in [1.165, 1.54) is 6.42 Å². The molecule has 98 valence electrons. The Morgan fingerprint density at radius 3 is 3.06 bits per heavy atom. The van der Waals surface area contributed by atoms with Crippen LogP contribution < -0.4 is 10.6 Å². The average Bonchev–Trinajstić information content (AvgIpc) is 2.86. The molecule has 1 heterocycles. The van der Waals surface area contributed by atoms with E-state index in [0.717, 1.165) is 31.7 Å². The van der Waals surface area contributed by atoms with Gasteiger partial charge in [-0.05, 0) is 31.4 Å². The Morgan fingerprint density at radius 2 is 2.28 bits per heavy atom. The molecule has 2 aliphatic rings. The summed E-state index contributed by atoms with van der Waals surface area (Å²) in [6.45, 7) is 1.84. The van der Waals surface area contributed by atoms with Gasteiger partial charge in [0.25, 0.3) is 0 Å². The number of hydrogen-bond donors (Lipinski definition) is 1. The Kier molecular flexibility index (Phi) is 3.22. The number of anilines is 1. The Balaban J connectivity index is 1.87. The molecule has 4 heteroatoms. The number of ether oxygens (including phenoxy) is 1. The topological polar surface area (TPSA) is 38.5 Å². The van der Waals surface area contributed by atoms with Crippen LogP contribution in [0.3, 0.4) is 0 Å². The number of rotatable bonds is 2. The molecule has 1 aromatic rings. The van der Waals surface area contributed by atoms with Gasteiger partial charge in [0.1, 0.15) is 5.82 Å². The molecular formula is C14H19FN2O. The van der Waals surface area contributed by atoms with E-state index in [4.69, 9.17) is 10.5 Å². The monoisotopic (exact) mass is 250 g/mol. The van der Waals surface area contributed by atoms with Crippen molar-refractivity contribution in [3.05, 3.63) is 29.6 Å². The van der Waals surface area contributed by atoms with Crippen molar-refractivity contribution in [1.82, 2.24) is 0 Å². The fraction of sp³-hybridized carbons (Fsp3) is 0.571. The van der Waals surface area contributed by atoms with E-state index in [2.05, 4.69) is 4.90 Å². The van der Waals surface area contributed by atoms with Crippen LogP contribution in [0, 0.1) is 5.82 Å². The van der Waals surface area contributed by atoms with E-state index in [9.17, 15) is 4.39 Å². The van der Waals surface area contributed by atoms with Crippen molar-refractivity contribution >= 4 is 5.69 Å². The Morgan fingerprint density at radius 1 is 1.39 bits per heavy atom. The minimum atomic E-state index is -0.198. The fourth-order valence-corrected chi connectivity index (χ4v) is 3.13. The van der Waals surface area contributed by atoms with Gasteiger partial charge in [-0.3, -0.25) is 0 Å². The molecular weight excluding hydrogens is 231 g/mol. The molecule has 3 nitrogen and oxygen atoms in total. The van der Waals surface area contributed by atoms with E-state index < -0.39 is 0 Å². The number of nitrogens with two attached hydrogens (primary N) is 1. The minimum Gasteiger partial charge on any atom is -0.374 e. The van der Waals surface area contributed by atoms with Gasteiger partial charge in [0.15, 0.2) is 0 Å². The summed E-state index contributed by atoms with van der Waals surface area (Å²) in [5, 5.41) is 0. The lowest BCUT2D eigenvalue weighted by Gasteiger charge is -2.39. The van der Waals surface area contributed by atoms with Crippen molar-refractivity contribution in [2.24, 2.45) is 5.73 Å². The Bertz CT molecular complexity index is 438. The molecule has 0 radical (unpaired) electrons. The normalized spacial score (nSPS) is 27.3. The van der Waals surface area contributed by atoms with Crippen molar-refractivity contribution in [2.45, 2.75) is 38.0 Å². The first kappa shape index (κ1) is 11.9. The number of benzene rings is 1. The summed E-state index contributed by atoms with van der Waals surface area (Å²) >= 11 is 0. The summed E-state index contributed by atoms with van der Waals surface area (Å²) in [6.07, 6.45) is 3.81. The molecule has 2 unspecified atom stereocenters. The van der Waals surface area contributed by atoms with Gasteiger partial charge >= 0.3 is 0 Å². The Hall–Kier alpha value is -1.13. The predicted octanol–water partition coefficient (Wildman–Crippen LogP) is 2.04. The highest BCUT2D eigenvalue weighted by molar-refractivity contribution is 5.50. The number of morpholine rings is 1. The SMILES string of the molecule is NCc1ccc(N2CCOC3CCCC32)cc1F. The second-order valence-electron chi connectivity index (χ2n) is 5.08. The zero-order valence-electron chi connectivity index (χ0n) is 10.4. The first-order valence-corrected chi connectivity index (χ1v) is 6.66. The van der Waals surface area contributed by atoms with Crippen molar-refractivity contribution in [1.29, 1.82) is 0 Å². The lowest BCUT2D eigenvalue weighted by atomic mass is 10.1. The van der Waals surface area contributed by atoms with Gasteiger partial charge in [-0.25, -0.2) is 4.39 Å². The molecule has 1 aliphatic carbocycles. The molecule has 2 fully saturated rings. The van der Waals surface area contributed by atoms with Crippen LogP contribution in [-0.4, -0.2) is 25.3 Å². The molecule has 2 atom stereocenters. The van der Waals surface area contributed by atoms with Crippen molar-refractivity contribution in [3.8, 4) is 0 Å². The molecule has 3 rings (SSSR count). The number of halogens is 1. The molecule has 1 saturated heterocycles. The van der Waals surface area contributed by atoms with E-state index in [1.54, 1.807) is 12.1 Å². The molecule has 1 saturated carbocycles. The molecule has 1 aliphatic heterocycles. The quantitative estimate of drug-likeness (QED) is 0.873. The van der Waals surface area contributed by atoms with E-state index >= 15 is 0 Å². The van der Waals surface area contributed by atoms with Gasteiger partial charge in [0.2, 0.25) is 0 Å². The van der Waals surface area contributed by atoms with Gasteiger partial charge in [0, 0.05) is 24.3 Å². The molecule has 1 aromatic carbocycles. The number of hydrogen-bond acceptors (Lipinski definition) is 3. The van der Waals surface area contributed by atoms with Crippen LogP contribution >= 0.6 is 0 Å². The third-order valence-corrected chi connectivity index (χ3v) is 4.07. The third-order valence-electron chi connectivity index (χ3n) is 4.07. The summed E-state index contributed by atoms with van der Waals surface area (Å²) in [7, 11) is 0. The minimum absolute atomic E-state index is 0.198. The highest BCUT2D eigenvalue weighted by Gasteiger charge is 2.36. The standard InChI is InChI=1S/C14H19FN2O/c15-12-8-11(5-4-10(12)9-16)17-6-7-18-14-3-1-2-13(14)17/h4-5,8,13-14H,1-3,6-7,9,16H2. The maximum absolute atomic E-state index is 13.8. The average molecular weight is 250 g/mol. The van der Waals surface area contributed by atoms with E-state index in [-0.39, 0.29) is 12.4 Å². The molecule has 2 N–H and O–H groups in total. The Labute approximate surface area is 107 Å². The van der Waals surface area contributed by atoms with E-state index in [0.29, 0.717) is 17.7 Å².